The molecule has 1 aliphatic rings. The molecule has 3 N–H and O–H groups in total. The predicted molar refractivity (Wildman–Crippen MR) is 74.0 cm³/mol. The first-order valence-corrected chi connectivity index (χ1v) is 6.93. The van der Waals surface area contributed by atoms with Crippen LogP contribution >= 0.6 is 0 Å². The van der Waals surface area contributed by atoms with Gasteiger partial charge in [0.1, 0.15) is 0 Å². The summed E-state index contributed by atoms with van der Waals surface area (Å²) in [6.45, 7) is 4.15. The highest BCUT2D eigenvalue weighted by molar-refractivity contribution is 5.91. The Hall–Kier alpha value is -1.82. The molecule has 2 heterocycles. The van der Waals surface area contributed by atoms with Crippen molar-refractivity contribution in [3.05, 3.63) is 24.2 Å². The number of primary amides is 1. The van der Waals surface area contributed by atoms with Gasteiger partial charge in [-0.05, 0) is 50.9 Å². The van der Waals surface area contributed by atoms with Crippen LogP contribution in [0.3, 0.4) is 0 Å². The molecule has 1 atom stereocenters. The normalized spacial score (nSPS) is 18.6. The van der Waals surface area contributed by atoms with Crippen molar-refractivity contribution >= 4 is 11.8 Å². The summed E-state index contributed by atoms with van der Waals surface area (Å²) >= 11 is 0. The Morgan fingerprint density at radius 1 is 1.50 bits per heavy atom. The largest absolute Gasteiger partial charge is 0.459 e. The molecule has 0 spiro atoms. The Bertz CT molecular complexity index is 450. The number of amides is 2. The molecule has 110 valence electrons. The number of rotatable bonds is 5. The Morgan fingerprint density at radius 2 is 2.20 bits per heavy atom. The summed E-state index contributed by atoms with van der Waals surface area (Å²) in [7, 11) is 0. The van der Waals surface area contributed by atoms with Gasteiger partial charge in [-0.3, -0.25) is 14.5 Å². The van der Waals surface area contributed by atoms with Crippen molar-refractivity contribution in [2.45, 2.75) is 25.8 Å². The molecule has 1 aromatic heterocycles. The fraction of sp³-hybridized carbons (Fsp3) is 0.571. The quantitative estimate of drug-likeness (QED) is 0.826. The van der Waals surface area contributed by atoms with E-state index in [0.717, 1.165) is 25.9 Å². The molecule has 1 aromatic rings. The van der Waals surface area contributed by atoms with Crippen LogP contribution in [-0.4, -0.2) is 42.4 Å². The van der Waals surface area contributed by atoms with E-state index in [1.165, 1.54) is 6.26 Å². The van der Waals surface area contributed by atoms with E-state index in [1.54, 1.807) is 12.1 Å². The summed E-state index contributed by atoms with van der Waals surface area (Å²) in [5.74, 6) is 0.313. The fourth-order valence-corrected chi connectivity index (χ4v) is 2.46. The highest BCUT2D eigenvalue weighted by Gasteiger charge is 2.25. The maximum atomic E-state index is 11.7. The van der Waals surface area contributed by atoms with Crippen LogP contribution in [0.25, 0.3) is 0 Å². The number of hydrogen-bond acceptors (Lipinski definition) is 4. The summed E-state index contributed by atoms with van der Waals surface area (Å²) in [5.41, 5.74) is 5.31. The summed E-state index contributed by atoms with van der Waals surface area (Å²) in [4.78, 5) is 25.0. The van der Waals surface area contributed by atoms with Crippen LogP contribution in [0.15, 0.2) is 22.8 Å². The van der Waals surface area contributed by atoms with Gasteiger partial charge in [0.2, 0.25) is 5.91 Å². The van der Waals surface area contributed by atoms with E-state index in [0.29, 0.717) is 18.2 Å². The number of furan rings is 1. The van der Waals surface area contributed by atoms with E-state index < -0.39 is 0 Å². The number of hydrogen-bond donors (Lipinski definition) is 2. The SMILES string of the molecule is CC(C(N)=O)N1CCC(CNC(=O)c2ccco2)CC1. The van der Waals surface area contributed by atoms with Gasteiger partial charge in [-0.2, -0.15) is 0 Å². The lowest BCUT2D eigenvalue weighted by atomic mass is 9.95. The number of piperidine rings is 1. The number of nitrogens with zero attached hydrogens (tertiary/aromatic N) is 1. The van der Waals surface area contributed by atoms with Gasteiger partial charge >= 0.3 is 0 Å². The maximum Gasteiger partial charge on any atom is 0.286 e. The maximum absolute atomic E-state index is 11.7. The number of likely N-dealkylation sites (tertiary alicyclic amines) is 1. The molecule has 0 bridgehead atoms. The van der Waals surface area contributed by atoms with Crippen LogP contribution in [0.5, 0.6) is 0 Å². The average Bonchev–Trinajstić information content (AvgIpc) is 2.98. The lowest BCUT2D eigenvalue weighted by Gasteiger charge is -2.34. The van der Waals surface area contributed by atoms with Crippen molar-refractivity contribution in [3.63, 3.8) is 0 Å². The highest BCUT2D eigenvalue weighted by Crippen LogP contribution is 2.18. The van der Waals surface area contributed by atoms with Crippen LogP contribution in [0.4, 0.5) is 0 Å². The van der Waals surface area contributed by atoms with Crippen molar-refractivity contribution in [2.24, 2.45) is 11.7 Å². The molecule has 6 nitrogen and oxygen atoms in total. The first kappa shape index (κ1) is 14.6. The molecule has 2 amide bonds. The van der Waals surface area contributed by atoms with Crippen molar-refractivity contribution < 1.29 is 14.0 Å². The van der Waals surface area contributed by atoms with Gasteiger partial charge in [0.05, 0.1) is 12.3 Å². The lowest BCUT2D eigenvalue weighted by Crippen LogP contribution is -2.47. The van der Waals surface area contributed by atoms with E-state index >= 15 is 0 Å². The molecular weight excluding hydrogens is 258 g/mol. The van der Waals surface area contributed by atoms with Gasteiger partial charge in [-0.1, -0.05) is 0 Å². The third-order valence-electron chi connectivity index (χ3n) is 3.90. The Morgan fingerprint density at radius 3 is 2.75 bits per heavy atom. The minimum absolute atomic E-state index is 0.178. The lowest BCUT2D eigenvalue weighted by molar-refractivity contribution is -0.123. The summed E-state index contributed by atoms with van der Waals surface area (Å²) in [5, 5.41) is 2.88. The molecule has 1 aliphatic heterocycles. The van der Waals surface area contributed by atoms with E-state index in [2.05, 4.69) is 10.2 Å². The van der Waals surface area contributed by atoms with Gasteiger partial charge in [-0.15, -0.1) is 0 Å². The molecule has 2 rings (SSSR count). The van der Waals surface area contributed by atoms with Crippen LogP contribution in [0, 0.1) is 5.92 Å². The smallest absolute Gasteiger partial charge is 0.286 e. The molecule has 20 heavy (non-hydrogen) atoms. The van der Waals surface area contributed by atoms with Gasteiger partial charge in [0, 0.05) is 6.54 Å². The molecule has 6 heteroatoms. The van der Waals surface area contributed by atoms with Crippen molar-refractivity contribution in [2.75, 3.05) is 19.6 Å². The highest BCUT2D eigenvalue weighted by atomic mass is 16.3. The standard InChI is InChI=1S/C14H21N3O3/c1-10(13(15)18)17-6-4-11(5-7-17)9-16-14(19)12-3-2-8-20-12/h2-3,8,10-11H,4-7,9H2,1H3,(H2,15,18)(H,16,19). The van der Waals surface area contributed by atoms with Gasteiger partial charge in [0.25, 0.3) is 5.91 Å². The monoisotopic (exact) mass is 279 g/mol. The Balaban J connectivity index is 1.72. The zero-order chi connectivity index (χ0) is 14.5. The van der Waals surface area contributed by atoms with Crippen LogP contribution in [0.2, 0.25) is 0 Å². The first-order valence-electron chi connectivity index (χ1n) is 6.93. The second-order valence-corrected chi connectivity index (χ2v) is 5.25. The second-order valence-electron chi connectivity index (χ2n) is 5.25. The first-order chi connectivity index (χ1) is 9.58. The molecule has 1 fully saturated rings. The topological polar surface area (TPSA) is 88.6 Å². The third-order valence-corrected chi connectivity index (χ3v) is 3.90. The number of carbonyl (C=O) groups is 2. The Labute approximate surface area is 118 Å². The minimum Gasteiger partial charge on any atom is -0.459 e. The number of carbonyl (C=O) groups excluding carboxylic acids is 2. The van der Waals surface area contributed by atoms with Crippen molar-refractivity contribution in [3.8, 4) is 0 Å². The van der Waals surface area contributed by atoms with Gasteiger partial charge < -0.3 is 15.5 Å². The average molecular weight is 279 g/mol. The zero-order valence-corrected chi connectivity index (χ0v) is 11.7. The number of nitrogens with one attached hydrogen (secondary N) is 1. The molecule has 0 aliphatic carbocycles. The molecule has 1 saturated heterocycles. The molecule has 0 aromatic carbocycles. The van der Waals surface area contributed by atoms with Crippen LogP contribution in [-0.2, 0) is 4.79 Å². The third kappa shape index (κ3) is 3.60. The van der Waals surface area contributed by atoms with E-state index in [-0.39, 0.29) is 17.9 Å². The number of nitrogens with two attached hydrogens (primary N) is 1. The summed E-state index contributed by atoms with van der Waals surface area (Å²) in [6.07, 6.45) is 3.39. The molecule has 0 radical (unpaired) electrons. The van der Waals surface area contributed by atoms with Crippen molar-refractivity contribution in [1.82, 2.24) is 10.2 Å². The summed E-state index contributed by atoms with van der Waals surface area (Å²) < 4.78 is 5.04. The van der Waals surface area contributed by atoms with Gasteiger partial charge in [0.15, 0.2) is 5.76 Å². The fourth-order valence-electron chi connectivity index (χ4n) is 2.46. The molecule has 0 saturated carbocycles. The van der Waals surface area contributed by atoms with E-state index in [1.807, 2.05) is 6.92 Å². The molecule has 1 unspecified atom stereocenters. The van der Waals surface area contributed by atoms with Crippen LogP contribution in [0.1, 0.15) is 30.3 Å². The van der Waals surface area contributed by atoms with Crippen molar-refractivity contribution in [1.29, 1.82) is 0 Å². The van der Waals surface area contributed by atoms with Gasteiger partial charge in [-0.25, -0.2) is 0 Å². The minimum atomic E-state index is -0.283. The molecular formula is C14H21N3O3. The second kappa shape index (κ2) is 6.56. The predicted octanol–water partition coefficient (Wildman–Crippen LogP) is 0.595. The summed E-state index contributed by atoms with van der Waals surface area (Å²) in [6, 6.07) is 3.12. The van der Waals surface area contributed by atoms with E-state index in [4.69, 9.17) is 10.2 Å². The van der Waals surface area contributed by atoms with Crippen LogP contribution < -0.4 is 11.1 Å². The Kier molecular flexibility index (Phi) is 4.79. The zero-order valence-electron chi connectivity index (χ0n) is 11.7. The van der Waals surface area contributed by atoms with E-state index in [9.17, 15) is 9.59 Å².